The molecule has 0 amide bonds. The Bertz CT molecular complexity index is 845. The highest BCUT2D eigenvalue weighted by molar-refractivity contribution is 8.00. The van der Waals surface area contributed by atoms with Crippen molar-refractivity contribution in [2.75, 3.05) is 19.0 Å². The fraction of sp³-hybridized carbons (Fsp3) is 0.333. The summed E-state index contributed by atoms with van der Waals surface area (Å²) in [6, 6.07) is 3.51. The molecule has 7 nitrogen and oxygen atoms in total. The Morgan fingerprint density at radius 2 is 2.33 bits per heavy atom. The summed E-state index contributed by atoms with van der Waals surface area (Å²) in [6.07, 6.45) is 4.82. The lowest BCUT2D eigenvalue weighted by Crippen LogP contribution is -2.03. The van der Waals surface area contributed by atoms with Crippen LogP contribution in [0, 0.1) is 0 Å². The van der Waals surface area contributed by atoms with Gasteiger partial charge in [-0.3, -0.25) is 0 Å². The van der Waals surface area contributed by atoms with Gasteiger partial charge in [-0.1, -0.05) is 30.0 Å². The summed E-state index contributed by atoms with van der Waals surface area (Å²) in [5, 5.41) is 12.3. The normalized spacial score (nSPS) is 10.9. The van der Waals surface area contributed by atoms with Crippen molar-refractivity contribution in [3.63, 3.8) is 0 Å². The number of carbonyl (C=O) groups excluding carboxylic acids is 1. The molecule has 0 aliphatic heterocycles. The first-order chi connectivity index (χ1) is 11.7. The van der Waals surface area contributed by atoms with Gasteiger partial charge in [0.1, 0.15) is 5.56 Å². The zero-order valence-corrected chi connectivity index (χ0v) is 15.0. The molecule has 0 fully saturated rings. The summed E-state index contributed by atoms with van der Waals surface area (Å²) >= 11 is 3.11. The van der Waals surface area contributed by atoms with Crippen molar-refractivity contribution in [3.05, 3.63) is 35.8 Å². The fourth-order valence-corrected chi connectivity index (χ4v) is 3.77. The van der Waals surface area contributed by atoms with Gasteiger partial charge in [0.05, 0.1) is 12.8 Å². The monoisotopic (exact) mass is 363 g/mol. The maximum absolute atomic E-state index is 11.8. The predicted molar refractivity (Wildman–Crippen MR) is 94.8 cm³/mol. The van der Waals surface area contributed by atoms with Crippen molar-refractivity contribution in [1.82, 2.24) is 19.6 Å². The van der Waals surface area contributed by atoms with Crippen LogP contribution in [-0.2, 0) is 10.5 Å². The number of thioether (sulfide) groups is 1. The number of anilines is 1. The number of ether oxygens (including phenoxy) is 1. The van der Waals surface area contributed by atoms with E-state index in [1.54, 1.807) is 23.9 Å². The molecule has 0 aliphatic rings. The Labute approximate surface area is 147 Å². The van der Waals surface area contributed by atoms with Crippen LogP contribution >= 0.6 is 23.1 Å². The van der Waals surface area contributed by atoms with Gasteiger partial charge in [-0.25, -0.2) is 9.78 Å². The molecule has 0 saturated heterocycles. The molecule has 3 heterocycles. The van der Waals surface area contributed by atoms with E-state index in [-0.39, 0.29) is 5.97 Å². The topological polar surface area (TPSA) is 81.4 Å². The van der Waals surface area contributed by atoms with E-state index in [2.05, 4.69) is 27.4 Å². The zero-order valence-electron chi connectivity index (χ0n) is 13.4. The highest BCUT2D eigenvalue weighted by atomic mass is 32.2. The molecule has 0 atom stereocenters. The minimum absolute atomic E-state index is 0.388. The van der Waals surface area contributed by atoms with Gasteiger partial charge in [-0.15, -0.1) is 10.2 Å². The molecule has 9 heteroatoms. The Morgan fingerprint density at radius 1 is 1.46 bits per heavy atom. The first-order valence-corrected chi connectivity index (χ1v) is 9.26. The van der Waals surface area contributed by atoms with Crippen LogP contribution in [0.2, 0.25) is 0 Å². The van der Waals surface area contributed by atoms with Crippen LogP contribution < -0.4 is 5.32 Å². The van der Waals surface area contributed by atoms with Crippen molar-refractivity contribution < 1.29 is 9.53 Å². The number of methoxy groups -OCH3 is 1. The molecule has 1 N–H and O–H groups in total. The van der Waals surface area contributed by atoms with Gasteiger partial charge in [0.15, 0.2) is 9.99 Å². The van der Waals surface area contributed by atoms with Gasteiger partial charge >= 0.3 is 5.97 Å². The average Bonchev–Trinajstić information content (AvgIpc) is 3.23. The van der Waals surface area contributed by atoms with Gasteiger partial charge in [-0.05, 0) is 18.6 Å². The highest BCUT2D eigenvalue weighted by Gasteiger charge is 2.14. The summed E-state index contributed by atoms with van der Waals surface area (Å²) in [7, 11) is 1.37. The van der Waals surface area contributed by atoms with Crippen LogP contribution in [-0.4, -0.2) is 39.2 Å². The lowest BCUT2D eigenvalue weighted by atomic mass is 10.3. The standard InChI is InChI=1S/C15H17N5O2S2/c1-3-6-16-14-18-19-15(24-14)23-9-10-8-20-7-4-5-11(12(20)17-10)13(21)22-2/h4-5,7-8H,3,6,9H2,1-2H3,(H,16,18). The molecule has 24 heavy (non-hydrogen) atoms. The molecule has 3 aromatic heterocycles. The molecule has 0 saturated carbocycles. The number of aromatic nitrogens is 4. The third-order valence-corrected chi connectivity index (χ3v) is 5.26. The molecular weight excluding hydrogens is 346 g/mol. The highest BCUT2D eigenvalue weighted by Crippen LogP contribution is 2.28. The van der Waals surface area contributed by atoms with Crippen LogP contribution in [0.3, 0.4) is 0 Å². The van der Waals surface area contributed by atoms with Gasteiger partial charge in [-0.2, -0.15) is 0 Å². The molecule has 3 aromatic rings. The van der Waals surface area contributed by atoms with E-state index in [4.69, 9.17) is 4.74 Å². The Hall–Kier alpha value is -2.13. The van der Waals surface area contributed by atoms with Gasteiger partial charge in [0.2, 0.25) is 5.13 Å². The van der Waals surface area contributed by atoms with Crippen molar-refractivity contribution in [3.8, 4) is 0 Å². The number of fused-ring (bicyclic) bond motifs is 1. The molecule has 0 bridgehead atoms. The lowest BCUT2D eigenvalue weighted by Gasteiger charge is -2.00. The van der Waals surface area contributed by atoms with Crippen molar-refractivity contribution in [2.24, 2.45) is 0 Å². The third kappa shape index (κ3) is 3.68. The maximum atomic E-state index is 11.8. The average molecular weight is 363 g/mol. The number of nitrogens with zero attached hydrogens (tertiary/aromatic N) is 4. The van der Waals surface area contributed by atoms with E-state index in [1.165, 1.54) is 18.4 Å². The number of pyridine rings is 1. The first-order valence-electron chi connectivity index (χ1n) is 7.46. The molecule has 126 valence electrons. The van der Waals surface area contributed by atoms with Crippen molar-refractivity contribution >= 4 is 39.8 Å². The smallest absolute Gasteiger partial charge is 0.341 e. The summed E-state index contributed by atoms with van der Waals surface area (Å²) in [4.78, 5) is 16.3. The summed E-state index contributed by atoms with van der Waals surface area (Å²) < 4.78 is 7.51. The Kier molecular flexibility index (Phi) is 5.31. The zero-order chi connectivity index (χ0) is 16.9. The number of nitrogens with one attached hydrogen (secondary N) is 1. The van der Waals surface area contributed by atoms with Crippen molar-refractivity contribution in [2.45, 2.75) is 23.4 Å². The summed E-state index contributed by atoms with van der Waals surface area (Å²) in [6.45, 7) is 3.00. The van der Waals surface area contributed by atoms with Crippen LogP contribution in [0.5, 0.6) is 0 Å². The van der Waals surface area contributed by atoms with Gasteiger partial charge in [0, 0.05) is 24.7 Å². The van der Waals surface area contributed by atoms with Crippen LogP contribution in [0.1, 0.15) is 29.4 Å². The van der Waals surface area contributed by atoms with Crippen molar-refractivity contribution in [1.29, 1.82) is 0 Å². The molecular formula is C15H17N5O2S2. The largest absolute Gasteiger partial charge is 0.465 e. The number of carbonyl (C=O) groups is 1. The van der Waals surface area contributed by atoms with Crippen LogP contribution in [0.4, 0.5) is 5.13 Å². The fourth-order valence-electron chi connectivity index (χ4n) is 2.11. The second-order valence-electron chi connectivity index (χ2n) is 4.97. The number of imidazole rings is 1. The lowest BCUT2D eigenvalue weighted by molar-refractivity contribution is 0.0602. The SMILES string of the molecule is CCCNc1nnc(SCc2cn3cccc(C(=O)OC)c3n2)s1. The third-order valence-electron chi connectivity index (χ3n) is 3.21. The number of hydrogen-bond donors (Lipinski definition) is 1. The Balaban J connectivity index is 1.71. The van der Waals surface area contributed by atoms with Crippen LogP contribution in [0.15, 0.2) is 28.9 Å². The van der Waals surface area contributed by atoms with Crippen LogP contribution in [0.25, 0.3) is 5.65 Å². The first kappa shape index (κ1) is 16.7. The Morgan fingerprint density at radius 3 is 3.12 bits per heavy atom. The second-order valence-corrected chi connectivity index (χ2v) is 7.17. The summed E-state index contributed by atoms with van der Waals surface area (Å²) in [5.41, 5.74) is 1.93. The quantitative estimate of drug-likeness (QED) is 0.510. The molecule has 0 aromatic carbocycles. The van der Waals surface area contributed by atoms with E-state index in [1.807, 2.05) is 16.8 Å². The molecule has 0 radical (unpaired) electrons. The molecule has 0 spiro atoms. The molecule has 3 rings (SSSR count). The van der Waals surface area contributed by atoms with Gasteiger partial charge < -0.3 is 14.5 Å². The molecule has 0 unspecified atom stereocenters. The molecule has 0 aliphatic carbocycles. The minimum Gasteiger partial charge on any atom is -0.465 e. The van der Waals surface area contributed by atoms with E-state index < -0.39 is 0 Å². The minimum atomic E-state index is -0.388. The number of hydrogen-bond acceptors (Lipinski definition) is 8. The van der Waals surface area contributed by atoms with E-state index >= 15 is 0 Å². The maximum Gasteiger partial charge on any atom is 0.341 e. The van der Waals surface area contributed by atoms with E-state index in [0.29, 0.717) is 17.0 Å². The number of esters is 1. The second kappa shape index (κ2) is 7.63. The van der Waals surface area contributed by atoms with E-state index in [0.717, 1.165) is 28.1 Å². The van der Waals surface area contributed by atoms with Gasteiger partial charge in [0.25, 0.3) is 0 Å². The van der Waals surface area contributed by atoms with E-state index in [9.17, 15) is 4.79 Å². The summed E-state index contributed by atoms with van der Waals surface area (Å²) in [5.74, 6) is 0.270. The number of rotatable bonds is 7. The predicted octanol–water partition coefficient (Wildman–Crippen LogP) is 3.09.